The molecule has 25 heavy (non-hydrogen) atoms. The third kappa shape index (κ3) is 3.11. The van der Waals surface area contributed by atoms with E-state index in [0.717, 1.165) is 19.4 Å². The average Bonchev–Trinajstić information content (AvgIpc) is 2.68. The first-order chi connectivity index (χ1) is 12.2. The number of benzene rings is 1. The highest BCUT2D eigenvalue weighted by molar-refractivity contribution is 5.92. The monoisotopic (exact) mass is 337 g/mol. The number of carbonyl (C=O) groups excluding carboxylic acids is 1. The molecule has 2 heterocycles. The number of hydrogen-bond donors (Lipinski definition) is 0. The number of para-hydroxylation sites is 1. The summed E-state index contributed by atoms with van der Waals surface area (Å²) in [4.78, 5) is 27.3. The molecule has 5 nitrogen and oxygen atoms in total. The number of likely N-dealkylation sites (tertiary alicyclic amines) is 1. The predicted molar refractivity (Wildman–Crippen MR) is 95.9 cm³/mol. The highest BCUT2D eigenvalue weighted by Gasteiger charge is 2.36. The van der Waals surface area contributed by atoms with Crippen LogP contribution in [0.25, 0.3) is 5.69 Å². The van der Waals surface area contributed by atoms with Gasteiger partial charge in [0.05, 0.1) is 5.69 Å². The third-order valence-corrected chi connectivity index (χ3v) is 5.52. The van der Waals surface area contributed by atoms with Gasteiger partial charge in [0.25, 0.3) is 11.5 Å². The maximum Gasteiger partial charge on any atom is 0.274 e. The summed E-state index contributed by atoms with van der Waals surface area (Å²) in [6, 6.07) is 12.6. The maximum absolute atomic E-state index is 13.1. The standard InChI is InChI=1S/C20H23N3O2/c24-19-13-12-17(21-23(19)16-9-2-1-3-10-16)20(25)22-14-6-8-15-7-4-5-11-18(15)22/h1-3,9-10,12-13,15,18H,4-8,11,14H2/t15-,18+/m0/s1. The van der Waals surface area contributed by atoms with E-state index >= 15 is 0 Å². The van der Waals surface area contributed by atoms with Crippen molar-refractivity contribution in [3.8, 4) is 5.69 Å². The Morgan fingerprint density at radius 1 is 0.960 bits per heavy atom. The number of aromatic nitrogens is 2. The van der Waals surface area contributed by atoms with E-state index in [-0.39, 0.29) is 11.5 Å². The molecule has 1 aliphatic heterocycles. The van der Waals surface area contributed by atoms with Crippen molar-refractivity contribution in [2.24, 2.45) is 5.92 Å². The molecule has 1 aliphatic carbocycles. The van der Waals surface area contributed by atoms with Crippen molar-refractivity contribution in [3.05, 3.63) is 58.5 Å². The zero-order valence-electron chi connectivity index (χ0n) is 14.3. The molecule has 5 heteroatoms. The van der Waals surface area contributed by atoms with Gasteiger partial charge in [-0.3, -0.25) is 9.59 Å². The number of hydrogen-bond acceptors (Lipinski definition) is 3. The van der Waals surface area contributed by atoms with Crippen LogP contribution in [0.4, 0.5) is 0 Å². The van der Waals surface area contributed by atoms with E-state index in [1.54, 1.807) is 6.07 Å². The topological polar surface area (TPSA) is 55.2 Å². The number of carbonyl (C=O) groups is 1. The van der Waals surface area contributed by atoms with E-state index in [1.807, 2.05) is 35.2 Å². The van der Waals surface area contributed by atoms with Crippen molar-refractivity contribution < 1.29 is 4.79 Å². The van der Waals surface area contributed by atoms with E-state index in [1.165, 1.54) is 36.4 Å². The minimum Gasteiger partial charge on any atom is -0.334 e. The lowest BCUT2D eigenvalue weighted by atomic mass is 9.78. The van der Waals surface area contributed by atoms with E-state index in [2.05, 4.69) is 5.10 Å². The van der Waals surface area contributed by atoms with Crippen molar-refractivity contribution in [1.29, 1.82) is 0 Å². The van der Waals surface area contributed by atoms with Crippen LogP contribution in [-0.4, -0.2) is 33.2 Å². The fourth-order valence-corrected chi connectivity index (χ4v) is 4.30. The average molecular weight is 337 g/mol. The largest absolute Gasteiger partial charge is 0.334 e. The van der Waals surface area contributed by atoms with Crippen molar-refractivity contribution in [1.82, 2.24) is 14.7 Å². The van der Waals surface area contributed by atoms with Gasteiger partial charge in [0, 0.05) is 18.7 Å². The Kier molecular flexibility index (Phi) is 4.38. The fourth-order valence-electron chi connectivity index (χ4n) is 4.30. The second-order valence-electron chi connectivity index (χ2n) is 7.06. The van der Waals surface area contributed by atoms with Crippen LogP contribution < -0.4 is 5.56 Å². The summed E-state index contributed by atoms with van der Waals surface area (Å²) in [6.07, 6.45) is 7.08. The van der Waals surface area contributed by atoms with E-state index in [4.69, 9.17) is 0 Å². The first kappa shape index (κ1) is 16.1. The normalized spacial score (nSPS) is 23.1. The van der Waals surface area contributed by atoms with Gasteiger partial charge < -0.3 is 4.90 Å². The SMILES string of the molecule is O=C(c1ccc(=O)n(-c2ccccc2)n1)N1CCC[C@@H]2CCCC[C@H]21. The quantitative estimate of drug-likeness (QED) is 0.846. The first-order valence-electron chi connectivity index (χ1n) is 9.21. The molecule has 1 aromatic carbocycles. The van der Waals surface area contributed by atoms with Crippen LogP contribution in [0.15, 0.2) is 47.3 Å². The number of nitrogens with zero attached hydrogens (tertiary/aromatic N) is 3. The molecule has 4 rings (SSSR count). The van der Waals surface area contributed by atoms with Crippen LogP contribution in [0.2, 0.25) is 0 Å². The van der Waals surface area contributed by atoms with E-state index < -0.39 is 0 Å². The Balaban J connectivity index is 1.65. The minimum atomic E-state index is -0.225. The molecule has 130 valence electrons. The predicted octanol–water partition coefficient (Wildman–Crippen LogP) is 3.03. The van der Waals surface area contributed by atoms with Crippen LogP contribution in [0.3, 0.4) is 0 Å². The van der Waals surface area contributed by atoms with Gasteiger partial charge in [-0.1, -0.05) is 31.0 Å². The molecule has 0 radical (unpaired) electrons. The van der Waals surface area contributed by atoms with Crippen LogP contribution in [-0.2, 0) is 0 Å². The van der Waals surface area contributed by atoms with Gasteiger partial charge in [0.2, 0.25) is 0 Å². The van der Waals surface area contributed by atoms with Crippen LogP contribution in [0.5, 0.6) is 0 Å². The van der Waals surface area contributed by atoms with Gasteiger partial charge >= 0.3 is 0 Å². The number of piperidine rings is 1. The van der Waals surface area contributed by atoms with Crippen LogP contribution >= 0.6 is 0 Å². The Bertz CT molecular complexity index is 813. The second-order valence-corrected chi connectivity index (χ2v) is 7.06. The molecule has 0 spiro atoms. The molecule has 0 N–H and O–H groups in total. The first-order valence-corrected chi connectivity index (χ1v) is 9.21. The fraction of sp³-hybridized carbons (Fsp3) is 0.450. The zero-order chi connectivity index (χ0) is 17.2. The molecule has 0 bridgehead atoms. The van der Waals surface area contributed by atoms with Crippen molar-refractivity contribution >= 4 is 5.91 Å². The van der Waals surface area contributed by atoms with Gasteiger partial charge in [0.1, 0.15) is 5.69 Å². The van der Waals surface area contributed by atoms with Gasteiger partial charge in [-0.2, -0.15) is 9.78 Å². The maximum atomic E-state index is 13.1. The molecule has 2 atom stereocenters. The molecular weight excluding hydrogens is 314 g/mol. The lowest BCUT2D eigenvalue weighted by molar-refractivity contribution is 0.0383. The molecule has 0 unspecified atom stereocenters. The lowest BCUT2D eigenvalue weighted by Crippen LogP contribution is -2.50. The summed E-state index contributed by atoms with van der Waals surface area (Å²) in [5.74, 6) is 0.591. The summed E-state index contributed by atoms with van der Waals surface area (Å²) in [7, 11) is 0. The van der Waals surface area contributed by atoms with Crippen molar-refractivity contribution in [3.63, 3.8) is 0 Å². The van der Waals surface area contributed by atoms with Gasteiger partial charge in [0.15, 0.2) is 0 Å². The molecule has 2 fully saturated rings. The van der Waals surface area contributed by atoms with Gasteiger partial charge in [-0.05, 0) is 49.8 Å². The molecular formula is C20H23N3O2. The Hall–Kier alpha value is -2.43. The second kappa shape index (κ2) is 6.82. The summed E-state index contributed by atoms with van der Waals surface area (Å²) < 4.78 is 1.32. The minimum absolute atomic E-state index is 0.0405. The summed E-state index contributed by atoms with van der Waals surface area (Å²) in [5, 5.41) is 4.37. The Morgan fingerprint density at radius 2 is 1.72 bits per heavy atom. The summed E-state index contributed by atoms with van der Waals surface area (Å²) in [5.41, 5.74) is 0.808. The van der Waals surface area contributed by atoms with Crippen molar-refractivity contribution in [2.75, 3.05) is 6.54 Å². The van der Waals surface area contributed by atoms with Crippen LogP contribution in [0.1, 0.15) is 49.0 Å². The third-order valence-electron chi connectivity index (χ3n) is 5.52. The van der Waals surface area contributed by atoms with E-state index in [9.17, 15) is 9.59 Å². The molecule has 2 aliphatic rings. The lowest BCUT2D eigenvalue weighted by Gasteiger charge is -2.44. The number of amides is 1. The van der Waals surface area contributed by atoms with Crippen molar-refractivity contribution in [2.45, 2.75) is 44.6 Å². The van der Waals surface area contributed by atoms with Crippen LogP contribution in [0, 0.1) is 5.92 Å². The molecule has 1 amide bonds. The van der Waals surface area contributed by atoms with Gasteiger partial charge in [-0.25, -0.2) is 0 Å². The molecule has 1 saturated carbocycles. The highest BCUT2D eigenvalue weighted by Crippen LogP contribution is 2.35. The number of rotatable bonds is 2. The molecule has 2 aromatic rings. The Labute approximate surface area is 147 Å². The molecule has 1 saturated heterocycles. The number of fused-ring (bicyclic) bond motifs is 1. The summed E-state index contributed by atoms with van der Waals surface area (Å²) in [6.45, 7) is 0.798. The molecule has 1 aromatic heterocycles. The van der Waals surface area contributed by atoms with Gasteiger partial charge in [-0.15, -0.1) is 0 Å². The Morgan fingerprint density at radius 3 is 2.56 bits per heavy atom. The smallest absolute Gasteiger partial charge is 0.274 e. The van der Waals surface area contributed by atoms with E-state index in [0.29, 0.717) is 23.3 Å². The zero-order valence-corrected chi connectivity index (χ0v) is 14.3. The summed E-state index contributed by atoms with van der Waals surface area (Å²) >= 11 is 0. The highest BCUT2D eigenvalue weighted by atomic mass is 16.2.